The van der Waals surface area contributed by atoms with Gasteiger partial charge in [0.15, 0.2) is 5.78 Å². The molecule has 0 aliphatic carbocycles. The van der Waals surface area contributed by atoms with Gasteiger partial charge in [-0.1, -0.05) is 0 Å². The van der Waals surface area contributed by atoms with Gasteiger partial charge in [-0.05, 0) is 39.3 Å². The molecule has 0 aromatic heterocycles. The number of phenolic OH excluding ortho intramolecular Hbond substituents is 1. The summed E-state index contributed by atoms with van der Waals surface area (Å²) < 4.78 is 5.54. The molecule has 1 saturated heterocycles. The van der Waals surface area contributed by atoms with Gasteiger partial charge in [0, 0.05) is 18.2 Å². The second-order valence-electron chi connectivity index (χ2n) is 5.50. The number of Topliss-reactive ketones (excluding diaryl/α,β-unsaturated/α-hetero) is 1. The van der Waals surface area contributed by atoms with Gasteiger partial charge in [0.25, 0.3) is 0 Å². The summed E-state index contributed by atoms with van der Waals surface area (Å²) in [6.07, 6.45) is 1.66. The van der Waals surface area contributed by atoms with Crippen molar-refractivity contribution in [3.8, 4) is 11.5 Å². The van der Waals surface area contributed by atoms with Crippen LogP contribution >= 0.6 is 0 Å². The van der Waals surface area contributed by atoms with Crippen molar-refractivity contribution < 1.29 is 19.4 Å². The maximum absolute atomic E-state index is 11.6. The van der Waals surface area contributed by atoms with E-state index in [1.807, 2.05) is 11.8 Å². The summed E-state index contributed by atoms with van der Waals surface area (Å²) in [5.41, 5.74) is 6.47. The molecule has 0 unspecified atom stereocenters. The molecule has 22 heavy (non-hydrogen) atoms. The summed E-state index contributed by atoms with van der Waals surface area (Å²) in [4.78, 5) is 25.1. The SMILES string of the molecule is CCOc1cc(O)c(C(C)=O)cc1CN1CCC[C@H]1C(N)=O. The number of primary amides is 1. The van der Waals surface area contributed by atoms with Gasteiger partial charge < -0.3 is 15.6 Å². The highest BCUT2D eigenvalue weighted by molar-refractivity contribution is 5.97. The number of benzene rings is 1. The number of aromatic hydroxyl groups is 1. The molecular formula is C16H22N2O4. The number of nitrogens with two attached hydrogens (primary N) is 1. The summed E-state index contributed by atoms with van der Waals surface area (Å²) in [6, 6.07) is 2.81. The molecule has 0 radical (unpaired) electrons. The zero-order valence-corrected chi connectivity index (χ0v) is 13.0. The first-order valence-electron chi connectivity index (χ1n) is 7.47. The Kier molecular flexibility index (Phi) is 5.03. The third kappa shape index (κ3) is 3.39. The van der Waals surface area contributed by atoms with Gasteiger partial charge in [-0.3, -0.25) is 14.5 Å². The number of hydrogen-bond acceptors (Lipinski definition) is 5. The number of amides is 1. The van der Waals surface area contributed by atoms with E-state index in [2.05, 4.69) is 0 Å². The number of likely N-dealkylation sites (tertiary alicyclic amines) is 1. The van der Waals surface area contributed by atoms with E-state index in [9.17, 15) is 14.7 Å². The molecule has 1 fully saturated rings. The van der Waals surface area contributed by atoms with E-state index in [4.69, 9.17) is 10.5 Å². The Morgan fingerprint density at radius 1 is 1.45 bits per heavy atom. The van der Waals surface area contributed by atoms with Crippen molar-refractivity contribution in [1.82, 2.24) is 4.90 Å². The molecule has 6 nitrogen and oxygen atoms in total. The first kappa shape index (κ1) is 16.3. The van der Waals surface area contributed by atoms with Gasteiger partial charge in [-0.25, -0.2) is 0 Å². The highest BCUT2D eigenvalue weighted by Gasteiger charge is 2.29. The number of rotatable bonds is 6. The van der Waals surface area contributed by atoms with E-state index >= 15 is 0 Å². The summed E-state index contributed by atoms with van der Waals surface area (Å²) in [5.74, 6) is -0.108. The van der Waals surface area contributed by atoms with Gasteiger partial charge in [-0.2, -0.15) is 0 Å². The Balaban J connectivity index is 2.33. The van der Waals surface area contributed by atoms with Crippen LogP contribution in [-0.2, 0) is 11.3 Å². The molecule has 1 heterocycles. The topological polar surface area (TPSA) is 92.9 Å². The highest BCUT2D eigenvalue weighted by atomic mass is 16.5. The van der Waals surface area contributed by atoms with Crippen molar-refractivity contribution in [2.24, 2.45) is 5.73 Å². The molecule has 120 valence electrons. The van der Waals surface area contributed by atoms with Crippen molar-refractivity contribution in [3.63, 3.8) is 0 Å². The van der Waals surface area contributed by atoms with E-state index in [1.54, 1.807) is 6.07 Å². The first-order chi connectivity index (χ1) is 10.4. The van der Waals surface area contributed by atoms with Crippen LogP contribution in [0, 0.1) is 0 Å². The average molecular weight is 306 g/mol. The number of carbonyl (C=O) groups excluding carboxylic acids is 2. The molecule has 2 rings (SSSR count). The van der Waals surface area contributed by atoms with Gasteiger partial charge in [-0.15, -0.1) is 0 Å². The van der Waals surface area contributed by atoms with Crippen LogP contribution in [0.25, 0.3) is 0 Å². The minimum atomic E-state index is -0.332. The van der Waals surface area contributed by atoms with E-state index < -0.39 is 0 Å². The summed E-state index contributed by atoms with van der Waals surface area (Å²) in [7, 11) is 0. The fourth-order valence-corrected chi connectivity index (χ4v) is 2.87. The van der Waals surface area contributed by atoms with Crippen LogP contribution in [0.2, 0.25) is 0 Å². The lowest BCUT2D eigenvalue weighted by molar-refractivity contribution is -0.122. The molecular weight excluding hydrogens is 284 g/mol. The number of ether oxygens (including phenoxy) is 1. The normalized spacial score (nSPS) is 18.4. The fourth-order valence-electron chi connectivity index (χ4n) is 2.87. The van der Waals surface area contributed by atoms with Crippen LogP contribution in [0.3, 0.4) is 0 Å². The molecule has 1 aromatic carbocycles. The lowest BCUT2D eigenvalue weighted by Crippen LogP contribution is -2.39. The van der Waals surface area contributed by atoms with Crippen molar-refractivity contribution in [1.29, 1.82) is 0 Å². The minimum Gasteiger partial charge on any atom is -0.507 e. The summed E-state index contributed by atoms with van der Waals surface area (Å²) in [6.45, 7) is 4.94. The predicted octanol–water partition coefficient (Wildman–Crippen LogP) is 1.44. The smallest absolute Gasteiger partial charge is 0.234 e. The maximum atomic E-state index is 11.6. The first-order valence-corrected chi connectivity index (χ1v) is 7.47. The summed E-state index contributed by atoms with van der Waals surface area (Å²) >= 11 is 0. The third-order valence-electron chi connectivity index (χ3n) is 3.92. The number of phenols is 1. The van der Waals surface area contributed by atoms with Crippen molar-refractivity contribution >= 4 is 11.7 Å². The molecule has 1 aromatic rings. The third-order valence-corrected chi connectivity index (χ3v) is 3.92. The zero-order valence-electron chi connectivity index (χ0n) is 13.0. The van der Waals surface area contributed by atoms with Crippen molar-refractivity contribution in [2.45, 2.75) is 39.3 Å². The van der Waals surface area contributed by atoms with Gasteiger partial charge >= 0.3 is 0 Å². The van der Waals surface area contributed by atoms with E-state index in [1.165, 1.54) is 13.0 Å². The fraction of sp³-hybridized carbons (Fsp3) is 0.500. The average Bonchev–Trinajstić information content (AvgIpc) is 2.89. The Bertz CT molecular complexity index is 586. The molecule has 3 N–H and O–H groups in total. The summed E-state index contributed by atoms with van der Waals surface area (Å²) in [5, 5.41) is 9.93. The number of nitrogens with zero attached hydrogens (tertiary/aromatic N) is 1. The van der Waals surface area contributed by atoms with E-state index in [0.717, 1.165) is 24.9 Å². The van der Waals surface area contributed by atoms with Crippen molar-refractivity contribution in [2.75, 3.05) is 13.2 Å². The highest BCUT2D eigenvalue weighted by Crippen LogP contribution is 2.31. The Labute approximate surface area is 129 Å². The van der Waals surface area contributed by atoms with Crippen LogP contribution in [-0.4, -0.2) is 40.9 Å². The zero-order chi connectivity index (χ0) is 16.3. The molecule has 1 amide bonds. The number of carbonyl (C=O) groups is 2. The van der Waals surface area contributed by atoms with Gasteiger partial charge in [0.2, 0.25) is 5.91 Å². The van der Waals surface area contributed by atoms with Crippen LogP contribution in [0.5, 0.6) is 11.5 Å². The lowest BCUT2D eigenvalue weighted by Gasteiger charge is -2.23. The van der Waals surface area contributed by atoms with Crippen LogP contribution in [0.4, 0.5) is 0 Å². The number of ketones is 1. The monoisotopic (exact) mass is 306 g/mol. The minimum absolute atomic E-state index is 0.0902. The molecule has 1 aliphatic heterocycles. The molecule has 1 atom stereocenters. The lowest BCUT2D eigenvalue weighted by atomic mass is 10.0. The number of hydrogen-bond donors (Lipinski definition) is 2. The van der Waals surface area contributed by atoms with Gasteiger partial charge in [0.05, 0.1) is 18.2 Å². The van der Waals surface area contributed by atoms with Crippen LogP contribution in [0.1, 0.15) is 42.6 Å². The predicted molar refractivity (Wildman–Crippen MR) is 81.9 cm³/mol. The Hall–Kier alpha value is -2.08. The quantitative estimate of drug-likeness (QED) is 0.776. The van der Waals surface area contributed by atoms with Crippen molar-refractivity contribution in [3.05, 3.63) is 23.3 Å². The molecule has 6 heteroatoms. The maximum Gasteiger partial charge on any atom is 0.234 e. The molecule has 1 aliphatic rings. The largest absolute Gasteiger partial charge is 0.507 e. The van der Waals surface area contributed by atoms with E-state index in [0.29, 0.717) is 18.9 Å². The van der Waals surface area contributed by atoms with Crippen LogP contribution in [0.15, 0.2) is 12.1 Å². The second-order valence-corrected chi connectivity index (χ2v) is 5.50. The molecule has 0 saturated carbocycles. The molecule has 0 bridgehead atoms. The second kappa shape index (κ2) is 6.79. The van der Waals surface area contributed by atoms with Gasteiger partial charge in [0.1, 0.15) is 11.5 Å². The molecule has 0 spiro atoms. The Morgan fingerprint density at radius 3 is 2.77 bits per heavy atom. The standard InChI is InChI=1S/C16H22N2O4/c1-3-22-15-8-14(20)12(10(2)19)7-11(15)9-18-6-4-5-13(18)16(17)21/h7-8,13,20H,3-6,9H2,1-2H3,(H2,17,21)/t13-/m0/s1. The Morgan fingerprint density at radius 2 is 2.18 bits per heavy atom. The van der Waals surface area contributed by atoms with Crippen LogP contribution < -0.4 is 10.5 Å². The van der Waals surface area contributed by atoms with E-state index in [-0.39, 0.29) is 29.0 Å².